The smallest absolute Gasteiger partial charge is 0.335 e. The molecule has 4 heteroatoms. The zero-order valence-corrected chi connectivity index (χ0v) is 11.1. The molecular weight excluding hydrogens is 242 g/mol. The molecule has 0 saturated carbocycles. The Labute approximate surface area is 111 Å². The fourth-order valence-corrected chi connectivity index (χ4v) is 2.41. The lowest BCUT2D eigenvalue weighted by Crippen LogP contribution is -2.00. The number of aldehydes is 1. The van der Waals surface area contributed by atoms with Crippen LogP contribution in [0, 0.1) is 6.92 Å². The Kier molecular flexibility index (Phi) is 3.69. The first-order valence-electron chi connectivity index (χ1n) is 6.40. The number of carboxylic acids is 1. The van der Waals surface area contributed by atoms with Crippen molar-refractivity contribution in [2.24, 2.45) is 0 Å². The van der Waals surface area contributed by atoms with E-state index < -0.39 is 5.97 Å². The van der Waals surface area contributed by atoms with E-state index in [1.54, 1.807) is 12.1 Å². The molecule has 0 unspecified atom stereocenters. The molecule has 0 atom stereocenters. The molecule has 0 fully saturated rings. The summed E-state index contributed by atoms with van der Waals surface area (Å²) in [5.41, 5.74) is 2.62. The van der Waals surface area contributed by atoms with Gasteiger partial charge in [0.1, 0.15) is 0 Å². The van der Waals surface area contributed by atoms with Gasteiger partial charge >= 0.3 is 5.97 Å². The van der Waals surface area contributed by atoms with Gasteiger partial charge in [0, 0.05) is 23.7 Å². The highest BCUT2D eigenvalue weighted by Gasteiger charge is 2.14. The van der Waals surface area contributed by atoms with E-state index in [1.807, 2.05) is 17.7 Å². The monoisotopic (exact) mass is 259 g/mol. The van der Waals surface area contributed by atoms with Crippen LogP contribution >= 0.6 is 0 Å². The van der Waals surface area contributed by atoms with E-state index >= 15 is 0 Å². The van der Waals surface area contributed by atoms with Crippen molar-refractivity contribution in [3.63, 3.8) is 0 Å². The van der Waals surface area contributed by atoms with Gasteiger partial charge in [0.05, 0.1) is 11.1 Å². The average molecular weight is 259 g/mol. The fraction of sp³-hybridized carbons (Fsp3) is 0.333. The highest BCUT2D eigenvalue weighted by Crippen LogP contribution is 2.26. The first kappa shape index (κ1) is 13.3. The molecule has 19 heavy (non-hydrogen) atoms. The third-order valence-corrected chi connectivity index (χ3v) is 3.32. The summed E-state index contributed by atoms with van der Waals surface area (Å²) in [6, 6.07) is 3.23. The molecule has 0 aliphatic carbocycles. The number of hydrogen-bond donors (Lipinski definition) is 1. The minimum Gasteiger partial charge on any atom is -0.478 e. The quantitative estimate of drug-likeness (QED) is 0.838. The molecule has 1 heterocycles. The lowest BCUT2D eigenvalue weighted by molar-refractivity contribution is 0.0696. The third kappa shape index (κ3) is 2.38. The number of aromatic carboxylic acids is 1. The van der Waals surface area contributed by atoms with Gasteiger partial charge in [0.2, 0.25) is 0 Å². The Bertz CT molecular complexity index is 640. The number of rotatable bonds is 5. The van der Waals surface area contributed by atoms with Gasteiger partial charge in [-0.05, 0) is 31.0 Å². The highest BCUT2D eigenvalue weighted by molar-refractivity contribution is 6.02. The SMILES string of the molecule is CCCCn1cc(C=O)c2cc(C(=O)O)cc(C)c21. The van der Waals surface area contributed by atoms with Gasteiger partial charge in [0.25, 0.3) is 0 Å². The lowest BCUT2D eigenvalue weighted by Gasteiger charge is -2.07. The van der Waals surface area contributed by atoms with Crippen molar-refractivity contribution in [1.29, 1.82) is 0 Å². The Balaban J connectivity index is 2.67. The number of nitrogens with zero attached hydrogens (tertiary/aromatic N) is 1. The molecule has 4 nitrogen and oxygen atoms in total. The number of carboxylic acid groups (broad SMARTS) is 1. The fourth-order valence-electron chi connectivity index (χ4n) is 2.41. The Morgan fingerprint density at radius 1 is 1.42 bits per heavy atom. The highest BCUT2D eigenvalue weighted by atomic mass is 16.4. The Morgan fingerprint density at radius 3 is 2.74 bits per heavy atom. The van der Waals surface area contributed by atoms with Crippen molar-refractivity contribution in [1.82, 2.24) is 4.57 Å². The van der Waals surface area contributed by atoms with Crippen molar-refractivity contribution in [2.45, 2.75) is 33.2 Å². The molecule has 100 valence electrons. The molecule has 1 N–H and O–H groups in total. The standard InChI is InChI=1S/C15H17NO3/c1-3-4-5-16-8-12(9-17)13-7-11(15(18)19)6-10(2)14(13)16/h6-9H,3-5H2,1-2H3,(H,18,19). The molecule has 0 saturated heterocycles. The second-order valence-corrected chi connectivity index (χ2v) is 4.74. The molecular formula is C15H17NO3. The van der Waals surface area contributed by atoms with Crippen LogP contribution in [-0.4, -0.2) is 21.9 Å². The van der Waals surface area contributed by atoms with Crippen molar-refractivity contribution in [3.8, 4) is 0 Å². The van der Waals surface area contributed by atoms with Crippen molar-refractivity contribution in [3.05, 3.63) is 35.0 Å². The first-order chi connectivity index (χ1) is 9.08. The molecule has 2 rings (SSSR count). The zero-order chi connectivity index (χ0) is 14.0. The first-order valence-corrected chi connectivity index (χ1v) is 6.40. The third-order valence-electron chi connectivity index (χ3n) is 3.32. The molecule has 1 aromatic carbocycles. The second kappa shape index (κ2) is 5.26. The van der Waals surface area contributed by atoms with Crippen LogP contribution in [0.3, 0.4) is 0 Å². The van der Waals surface area contributed by atoms with Gasteiger partial charge < -0.3 is 9.67 Å². The van der Waals surface area contributed by atoms with Crippen molar-refractivity contribution < 1.29 is 14.7 Å². The predicted octanol–water partition coefficient (Wildman–Crippen LogP) is 3.26. The van der Waals surface area contributed by atoms with Crippen molar-refractivity contribution in [2.75, 3.05) is 0 Å². The van der Waals surface area contributed by atoms with Crippen LogP contribution in [0.25, 0.3) is 10.9 Å². The van der Waals surface area contributed by atoms with Crippen LogP contribution < -0.4 is 0 Å². The number of carbonyl (C=O) groups is 2. The molecule has 0 aliphatic rings. The predicted molar refractivity (Wildman–Crippen MR) is 73.9 cm³/mol. The molecule has 2 aromatic rings. The maximum Gasteiger partial charge on any atom is 0.335 e. The van der Waals surface area contributed by atoms with E-state index in [0.29, 0.717) is 5.56 Å². The number of aromatic nitrogens is 1. The summed E-state index contributed by atoms with van der Waals surface area (Å²) in [6.07, 6.45) is 4.70. The minimum absolute atomic E-state index is 0.223. The zero-order valence-electron chi connectivity index (χ0n) is 11.1. The summed E-state index contributed by atoms with van der Waals surface area (Å²) >= 11 is 0. The number of benzene rings is 1. The number of hydrogen-bond acceptors (Lipinski definition) is 2. The largest absolute Gasteiger partial charge is 0.478 e. The van der Waals surface area contributed by atoms with Crippen LogP contribution in [0.2, 0.25) is 0 Å². The molecule has 0 spiro atoms. The second-order valence-electron chi connectivity index (χ2n) is 4.74. The van der Waals surface area contributed by atoms with Gasteiger partial charge in [0.15, 0.2) is 6.29 Å². The van der Waals surface area contributed by atoms with Crippen LogP contribution in [0.5, 0.6) is 0 Å². The van der Waals surface area contributed by atoms with E-state index in [4.69, 9.17) is 5.11 Å². The summed E-state index contributed by atoms with van der Waals surface area (Å²) < 4.78 is 2.05. The van der Waals surface area contributed by atoms with Gasteiger partial charge in [-0.25, -0.2) is 4.79 Å². The maximum atomic E-state index is 11.1. The summed E-state index contributed by atoms with van der Waals surface area (Å²) in [6.45, 7) is 4.83. The summed E-state index contributed by atoms with van der Waals surface area (Å²) in [5, 5.41) is 9.81. The summed E-state index contributed by atoms with van der Waals surface area (Å²) in [7, 11) is 0. The Morgan fingerprint density at radius 2 is 2.16 bits per heavy atom. The van der Waals surface area contributed by atoms with Crippen LogP contribution in [0.1, 0.15) is 46.0 Å². The van der Waals surface area contributed by atoms with Crippen molar-refractivity contribution >= 4 is 23.2 Å². The van der Waals surface area contributed by atoms with Crippen LogP contribution in [-0.2, 0) is 6.54 Å². The van der Waals surface area contributed by atoms with E-state index in [2.05, 4.69) is 6.92 Å². The topological polar surface area (TPSA) is 59.3 Å². The molecule has 0 radical (unpaired) electrons. The number of aryl methyl sites for hydroxylation is 2. The van der Waals surface area contributed by atoms with E-state index in [0.717, 1.165) is 42.1 Å². The number of fused-ring (bicyclic) bond motifs is 1. The van der Waals surface area contributed by atoms with Crippen LogP contribution in [0.4, 0.5) is 0 Å². The van der Waals surface area contributed by atoms with Crippen LogP contribution in [0.15, 0.2) is 18.3 Å². The number of carbonyl (C=O) groups excluding carboxylic acids is 1. The molecule has 0 bridgehead atoms. The Hall–Kier alpha value is -2.10. The van der Waals surface area contributed by atoms with Gasteiger partial charge in [-0.2, -0.15) is 0 Å². The molecule has 0 amide bonds. The minimum atomic E-state index is -0.969. The van der Waals surface area contributed by atoms with E-state index in [9.17, 15) is 9.59 Å². The molecule has 1 aromatic heterocycles. The van der Waals surface area contributed by atoms with E-state index in [-0.39, 0.29) is 5.56 Å². The summed E-state index contributed by atoms with van der Waals surface area (Å²) in [4.78, 5) is 22.2. The average Bonchev–Trinajstić information content (AvgIpc) is 2.74. The number of unbranched alkanes of at least 4 members (excludes halogenated alkanes) is 1. The summed E-state index contributed by atoms with van der Waals surface area (Å²) in [5.74, 6) is -0.969. The normalized spacial score (nSPS) is 10.8. The van der Waals surface area contributed by atoms with Gasteiger partial charge in [-0.15, -0.1) is 0 Å². The maximum absolute atomic E-state index is 11.1. The van der Waals surface area contributed by atoms with Gasteiger partial charge in [-0.3, -0.25) is 4.79 Å². The van der Waals surface area contributed by atoms with E-state index in [1.165, 1.54) is 0 Å². The lowest BCUT2D eigenvalue weighted by atomic mass is 10.1. The van der Waals surface area contributed by atoms with Gasteiger partial charge in [-0.1, -0.05) is 13.3 Å². The molecule has 0 aliphatic heterocycles.